The van der Waals surface area contributed by atoms with E-state index in [1.165, 1.54) is 9.36 Å². The zero-order valence-corrected chi connectivity index (χ0v) is 23.8. The fraction of sp³-hybridized carbons (Fsp3) is 0.258. The second-order valence-corrected chi connectivity index (χ2v) is 11.2. The van der Waals surface area contributed by atoms with Crippen molar-refractivity contribution >= 4 is 22.4 Å². The van der Waals surface area contributed by atoms with E-state index in [0.29, 0.717) is 39.5 Å². The molecular weight excluding hydrogens is 516 g/mol. The van der Waals surface area contributed by atoms with E-state index in [-0.39, 0.29) is 17.6 Å². The van der Waals surface area contributed by atoms with Crippen molar-refractivity contribution < 1.29 is 5.11 Å². The largest absolute Gasteiger partial charge is 0.392 e. The van der Waals surface area contributed by atoms with E-state index in [0.717, 1.165) is 23.1 Å². The molecule has 3 heterocycles. The Labute approximate surface area is 238 Å². The SMILES string of the molecule is CN(C)Cc1ccc(Nc2nn(-c3cccc(-n4ncc5cc(C(C)(C)C)ccc5c4=O)c3CO)cc2C#N)nc1. The lowest BCUT2D eigenvalue weighted by molar-refractivity contribution is 0.280. The van der Waals surface area contributed by atoms with Crippen molar-refractivity contribution in [1.29, 1.82) is 5.26 Å². The van der Waals surface area contributed by atoms with Crippen molar-refractivity contribution in [3.63, 3.8) is 0 Å². The minimum Gasteiger partial charge on any atom is -0.392 e. The Hall–Kier alpha value is -4.85. The highest BCUT2D eigenvalue weighted by atomic mass is 16.3. The lowest BCUT2D eigenvalue weighted by Gasteiger charge is -2.19. The average molecular weight is 549 g/mol. The highest BCUT2D eigenvalue weighted by molar-refractivity contribution is 5.82. The van der Waals surface area contributed by atoms with E-state index < -0.39 is 0 Å². The number of nitrogens with one attached hydrogen (secondary N) is 1. The zero-order valence-electron chi connectivity index (χ0n) is 23.8. The van der Waals surface area contributed by atoms with Crippen LogP contribution in [0.25, 0.3) is 22.1 Å². The highest BCUT2D eigenvalue weighted by Crippen LogP contribution is 2.27. The summed E-state index contributed by atoms with van der Waals surface area (Å²) in [5, 5.41) is 33.7. The molecule has 10 nitrogen and oxygen atoms in total. The molecular formula is C31H32N8O2. The number of nitriles is 1. The number of pyridine rings is 1. The number of hydrogen-bond acceptors (Lipinski definition) is 8. The second kappa shape index (κ2) is 11.0. The van der Waals surface area contributed by atoms with Gasteiger partial charge in [-0.2, -0.15) is 15.0 Å². The number of anilines is 2. The van der Waals surface area contributed by atoms with Gasteiger partial charge < -0.3 is 15.3 Å². The van der Waals surface area contributed by atoms with Gasteiger partial charge in [-0.25, -0.2) is 9.67 Å². The summed E-state index contributed by atoms with van der Waals surface area (Å²) in [7, 11) is 3.98. The van der Waals surface area contributed by atoms with Crippen molar-refractivity contribution in [1.82, 2.24) is 29.4 Å². The van der Waals surface area contributed by atoms with E-state index in [9.17, 15) is 15.2 Å². The maximum Gasteiger partial charge on any atom is 0.279 e. The number of benzene rings is 2. The first kappa shape index (κ1) is 27.7. The third-order valence-corrected chi connectivity index (χ3v) is 6.82. The lowest BCUT2D eigenvalue weighted by Crippen LogP contribution is -2.23. The first-order chi connectivity index (χ1) is 19.6. The average Bonchev–Trinajstić information content (AvgIpc) is 3.35. The van der Waals surface area contributed by atoms with E-state index in [1.54, 1.807) is 36.8 Å². The van der Waals surface area contributed by atoms with Gasteiger partial charge >= 0.3 is 0 Å². The molecule has 0 amide bonds. The standard InChI is InChI=1S/C31H32N8O2/c1-31(2,3)23-10-11-24-21(13-23)16-34-39(30(24)41)27-8-6-7-26(25(27)19-40)38-18-22(14-32)29(36-38)35-28-12-9-20(15-33-28)17-37(4)5/h6-13,15-16,18,40H,17,19H2,1-5H3,(H,33,35,36). The molecule has 2 aromatic carbocycles. The first-order valence-electron chi connectivity index (χ1n) is 13.2. The molecule has 3 aromatic heterocycles. The Bertz CT molecular complexity index is 1820. The van der Waals surface area contributed by atoms with E-state index in [2.05, 4.69) is 52.2 Å². The molecule has 10 heteroatoms. The predicted octanol–water partition coefficient (Wildman–Crippen LogP) is 4.43. The number of aromatic nitrogens is 5. The molecule has 2 N–H and O–H groups in total. The first-order valence-corrected chi connectivity index (χ1v) is 13.2. The van der Waals surface area contributed by atoms with Crippen LogP contribution < -0.4 is 10.9 Å². The minimum absolute atomic E-state index is 0.0627. The van der Waals surface area contributed by atoms with Crippen LogP contribution in [0.3, 0.4) is 0 Å². The molecule has 0 spiro atoms. The van der Waals surface area contributed by atoms with Crippen molar-refractivity contribution in [2.24, 2.45) is 0 Å². The molecule has 41 heavy (non-hydrogen) atoms. The molecule has 0 saturated heterocycles. The monoisotopic (exact) mass is 548 g/mol. The maximum atomic E-state index is 13.5. The van der Waals surface area contributed by atoms with Crippen LogP contribution in [0.15, 0.2) is 71.9 Å². The van der Waals surface area contributed by atoms with E-state index >= 15 is 0 Å². The number of fused-ring (bicyclic) bond motifs is 1. The fourth-order valence-electron chi connectivity index (χ4n) is 4.68. The van der Waals surface area contributed by atoms with Crippen molar-refractivity contribution in [2.75, 3.05) is 19.4 Å². The number of nitrogens with zero attached hydrogens (tertiary/aromatic N) is 7. The summed E-state index contributed by atoms with van der Waals surface area (Å²) >= 11 is 0. The van der Waals surface area contributed by atoms with Crippen LogP contribution in [0.5, 0.6) is 0 Å². The van der Waals surface area contributed by atoms with Crippen LogP contribution >= 0.6 is 0 Å². The van der Waals surface area contributed by atoms with Gasteiger partial charge in [-0.1, -0.05) is 39.0 Å². The Morgan fingerprint density at radius 3 is 2.51 bits per heavy atom. The maximum absolute atomic E-state index is 13.5. The van der Waals surface area contributed by atoms with Gasteiger partial charge in [-0.3, -0.25) is 4.79 Å². The van der Waals surface area contributed by atoms with Gasteiger partial charge in [0.05, 0.1) is 35.8 Å². The molecule has 0 atom stereocenters. The van der Waals surface area contributed by atoms with Gasteiger partial charge in [0.15, 0.2) is 5.82 Å². The third kappa shape index (κ3) is 5.59. The van der Waals surface area contributed by atoms with E-state index in [1.807, 2.05) is 44.4 Å². The molecule has 0 unspecified atom stereocenters. The topological polar surface area (TPSA) is 125 Å². The number of aliphatic hydroxyl groups excluding tert-OH is 1. The van der Waals surface area contributed by atoms with Gasteiger partial charge in [-0.15, -0.1) is 5.10 Å². The van der Waals surface area contributed by atoms with Crippen molar-refractivity contribution in [3.05, 3.63) is 99.7 Å². The Balaban J connectivity index is 1.53. The fourth-order valence-corrected chi connectivity index (χ4v) is 4.68. The summed E-state index contributed by atoms with van der Waals surface area (Å²) < 4.78 is 2.80. The summed E-state index contributed by atoms with van der Waals surface area (Å²) in [5.41, 5.74) is 3.50. The zero-order chi connectivity index (χ0) is 29.3. The van der Waals surface area contributed by atoms with Gasteiger partial charge in [-0.05, 0) is 61.0 Å². The van der Waals surface area contributed by atoms with Crippen LogP contribution in [-0.2, 0) is 18.6 Å². The van der Waals surface area contributed by atoms with Crippen LogP contribution in [0.1, 0.15) is 43.0 Å². The van der Waals surface area contributed by atoms with E-state index in [4.69, 9.17) is 0 Å². The molecule has 0 aliphatic rings. The van der Waals surface area contributed by atoms with Gasteiger partial charge in [0.1, 0.15) is 17.5 Å². The van der Waals surface area contributed by atoms with Gasteiger partial charge in [0.2, 0.25) is 0 Å². The van der Waals surface area contributed by atoms with Crippen LogP contribution in [0.2, 0.25) is 0 Å². The Morgan fingerprint density at radius 2 is 1.85 bits per heavy atom. The normalized spacial score (nSPS) is 11.7. The predicted molar refractivity (Wildman–Crippen MR) is 159 cm³/mol. The lowest BCUT2D eigenvalue weighted by atomic mass is 9.86. The summed E-state index contributed by atoms with van der Waals surface area (Å²) in [5.74, 6) is 0.872. The summed E-state index contributed by atoms with van der Waals surface area (Å²) in [6, 6.07) is 17.0. The smallest absolute Gasteiger partial charge is 0.279 e. The summed E-state index contributed by atoms with van der Waals surface area (Å²) in [4.78, 5) is 20.0. The second-order valence-electron chi connectivity index (χ2n) is 11.2. The van der Waals surface area contributed by atoms with Crippen molar-refractivity contribution in [3.8, 4) is 17.4 Å². The molecule has 0 aliphatic heterocycles. The number of hydrogen-bond donors (Lipinski definition) is 2. The van der Waals surface area contributed by atoms with Crippen LogP contribution in [0, 0.1) is 11.3 Å². The molecule has 0 aliphatic carbocycles. The minimum atomic E-state index is -0.375. The number of rotatable bonds is 7. The molecule has 5 aromatic rings. The highest BCUT2D eigenvalue weighted by Gasteiger charge is 2.19. The molecule has 0 bridgehead atoms. The van der Waals surface area contributed by atoms with Gasteiger partial charge in [0, 0.05) is 23.7 Å². The summed E-state index contributed by atoms with van der Waals surface area (Å²) in [6.45, 7) is 6.75. The molecule has 208 valence electrons. The Morgan fingerprint density at radius 1 is 1.07 bits per heavy atom. The van der Waals surface area contributed by atoms with Gasteiger partial charge in [0.25, 0.3) is 5.56 Å². The molecule has 0 saturated carbocycles. The third-order valence-electron chi connectivity index (χ3n) is 6.82. The molecule has 0 radical (unpaired) electrons. The van der Waals surface area contributed by atoms with Crippen molar-refractivity contribution in [2.45, 2.75) is 39.3 Å². The quantitative estimate of drug-likeness (QED) is 0.306. The Kier molecular flexibility index (Phi) is 7.41. The van der Waals surface area contributed by atoms with Crippen LogP contribution in [0.4, 0.5) is 11.6 Å². The molecule has 5 rings (SSSR count). The van der Waals surface area contributed by atoms with Crippen LogP contribution in [-0.4, -0.2) is 48.6 Å². The number of aliphatic hydroxyl groups is 1. The summed E-state index contributed by atoms with van der Waals surface area (Å²) in [6.07, 6.45) is 5.02. The molecule has 0 fully saturated rings.